The number of aliphatic hydroxyl groups is 1. The Hall–Kier alpha value is -8.53. The highest BCUT2D eigenvalue weighted by Crippen LogP contribution is 2.39. The van der Waals surface area contributed by atoms with Gasteiger partial charge < -0.3 is 57.2 Å². The quantitative estimate of drug-likeness (QED) is 0.0339. The summed E-state index contributed by atoms with van der Waals surface area (Å²) in [6.07, 6.45) is -12.9. The lowest BCUT2D eigenvalue weighted by molar-refractivity contribution is -0.311. The Labute approximate surface area is 482 Å². The number of hydrogen-bond acceptors (Lipinski definition) is 19. The van der Waals surface area contributed by atoms with Crippen molar-refractivity contribution in [3.63, 3.8) is 0 Å². The SMILES string of the molecule is O=C(OC[C@H]1O[C@H](Sc2ccccc2)[C@H](OCCO[C@H]2O[C@H](COC(=O)c3ccccc3)[C@@H](OC(=O)c3ccccc3)[C@H](OC(=O)c3ccccc3)[C@H]2OCCO)[C@@H](OC(=O)c2ccccc2)[C@@H]1OC(=O)c1ccccc1)c1ccccc1. The van der Waals surface area contributed by atoms with E-state index in [4.69, 9.17) is 52.1 Å². The van der Waals surface area contributed by atoms with Crippen LogP contribution in [0.3, 0.4) is 0 Å². The first kappa shape index (κ1) is 59.1. The van der Waals surface area contributed by atoms with Crippen LogP contribution >= 0.6 is 11.8 Å². The molecule has 0 radical (unpaired) electrons. The Morgan fingerprint density at radius 2 is 0.663 bits per heavy atom. The Bertz CT molecular complexity index is 3180. The van der Waals surface area contributed by atoms with Crippen molar-refractivity contribution in [2.75, 3.05) is 39.6 Å². The van der Waals surface area contributed by atoms with Crippen LogP contribution in [0.5, 0.6) is 0 Å². The maximum atomic E-state index is 14.3. The summed E-state index contributed by atoms with van der Waals surface area (Å²) in [6.45, 7) is -2.57. The van der Waals surface area contributed by atoms with E-state index >= 15 is 0 Å². The van der Waals surface area contributed by atoms with Crippen molar-refractivity contribution >= 4 is 47.6 Å². The molecule has 428 valence electrons. The maximum Gasteiger partial charge on any atom is 0.338 e. The zero-order valence-electron chi connectivity index (χ0n) is 44.5. The van der Waals surface area contributed by atoms with Gasteiger partial charge >= 0.3 is 35.8 Å². The van der Waals surface area contributed by atoms with Gasteiger partial charge in [-0.1, -0.05) is 139 Å². The average molecular weight is 1150 g/mol. The number of esters is 6. The molecule has 2 aliphatic heterocycles. The highest BCUT2D eigenvalue weighted by Gasteiger charge is 2.54. The van der Waals surface area contributed by atoms with Gasteiger partial charge in [-0.25, -0.2) is 28.8 Å². The number of hydrogen-bond donors (Lipinski definition) is 1. The summed E-state index contributed by atoms with van der Waals surface area (Å²) < 4.78 is 69.2. The summed E-state index contributed by atoms with van der Waals surface area (Å²) in [4.78, 5) is 84.1. The van der Waals surface area contributed by atoms with Crippen molar-refractivity contribution in [1.82, 2.24) is 0 Å². The van der Waals surface area contributed by atoms with Gasteiger partial charge in [-0.2, -0.15) is 0 Å². The maximum absolute atomic E-state index is 14.3. The van der Waals surface area contributed by atoms with Gasteiger partial charge in [0.1, 0.15) is 43.1 Å². The van der Waals surface area contributed by atoms with E-state index in [9.17, 15) is 33.9 Å². The van der Waals surface area contributed by atoms with Gasteiger partial charge in [-0.05, 0) is 84.9 Å². The minimum atomic E-state index is -1.55. The smallest absolute Gasteiger partial charge is 0.338 e. The molecule has 19 heteroatoms. The van der Waals surface area contributed by atoms with Crippen LogP contribution in [0.4, 0.5) is 0 Å². The van der Waals surface area contributed by atoms with Crippen LogP contribution in [0, 0.1) is 0 Å². The molecule has 10 atom stereocenters. The van der Waals surface area contributed by atoms with E-state index in [2.05, 4.69) is 0 Å². The molecule has 2 saturated heterocycles. The molecule has 2 aliphatic rings. The normalized spacial score (nSPS) is 22.0. The van der Waals surface area contributed by atoms with Crippen LogP contribution in [0.15, 0.2) is 217 Å². The van der Waals surface area contributed by atoms with E-state index < -0.39 is 116 Å². The molecule has 0 saturated carbocycles. The van der Waals surface area contributed by atoms with Gasteiger partial charge in [0.05, 0.1) is 59.8 Å². The second-order valence-corrected chi connectivity index (χ2v) is 19.8. The summed E-state index contributed by atoms with van der Waals surface area (Å²) in [5.74, 6) is -4.72. The molecular formula is C64H58O18S. The first-order valence-electron chi connectivity index (χ1n) is 26.6. The van der Waals surface area contributed by atoms with Crippen molar-refractivity contribution < 1.29 is 86.0 Å². The molecule has 9 rings (SSSR count). The molecular weight excluding hydrogens is 1090 g/mol. The lowest BCUT2D eigenvalue weighted by Crippen LogP contribution is -2.63. The zero-order chi connectivity index (χ0) is 57.8. The third kappa shape index (κ3) is 16.1. The van der Waals surface area contributed by atoms with E-state index in [0.717, 1.165) is 0 Å². The third-order valence-electron chi connectivity index (χ3n) is 13.0. The molecule has 0 unspecified atom stereocenters. The topological polar surface area (TPSA) is 224 Å². The van der Waals surface area contributed by atoms with Crippen LogP contribution in [0.2, 0.25) is 0 Å². The lowest BCUT2D eigenvalue weighted by atomic mass is 9.97. The summed E-state index contributed by atoms with van der Waals surface area (Å²) in [6, 6.07) is 57.9. The number of thioether (sulfide) groups is 1. The van der Waals surface area contributed by atoms with Gasteiger partial charge in [0.25, 0.3) is 0 Å². The van der Waals surface area contributed by atoms with Crippen LogP contribution < -0.4 is 0 Å². The minimum absolute atomic E-state index is 0.135. The van der Waals surface area contributed by atoms with E-state index in [-0.39, 0.29) is 53.2 Å². The molecule has 2 heterocycles. The average Bonchev–Trinajstić information content (AvgIpc) is 3.56. The predicted molar refractivity (Wildman–Crippen MR) is 298 cm³/mol. The standard InChI is InChI=1S/C64H58O18S/c65-36-37-72-55-53(81-61(70)46-30-16-5-17-31-46)51(79-59(68)44-26-12-3-13-27-44)49(40-75-57(66)42-22-8-1-9-23-42)77-63(55)74-39-38-73-56-54(82-62(71)47-32-18-6-19-33-47)52(80-60(69)45-28-14-4-15-29-45)50(41-76-58(67)43-24-10-2-11-25-43)78-64(56)83-48-34-20-7-21-35-48/h1-35,49-56,63-65H,36-41H2/t49-,50-,51-,52-,53+,54+,55-,56-,63+,64-/m1/s1. The summed E-state index contributed by atoms with van der Waals surface area (Å²) in [5, 5.41) is 10.1. The molecule has 0 bridgehead atoms. The second-order valence-electron chi connectivity index (χ2n) is 18.7. The van der Waals surface area contributed by atoms with Crippen molar-refractivity contribution in [3.05, 3.63) is 246 Å². The van der Waals surface area contributed by atoms with Crippen LogP contribution in [-0.2, 0) is 52.1 Å². The first-order chi connectivity index (χ1) is 40.6. The van der Waals surface area contributed by atoms with E-state index in [1.54, 1.807) is 158 Å². The Balaban J connectivity index is 1.04. The van der Waals surface area contributed by atoms with E-state index in [1.165, 1.54) is 36.0 Å². The number of aliphatic hydroxyl groups excluding tert-OH is 1. The molecule has 0 aromatic heterocycles. The van der Waals surface area contributed by atoms with Gasteiger partial charge in [-0.3, -0.25) is 0 Å². The molecule has 83 heavy (non-hydrogen) atoms. The fourth-order valence-electron chi connectivity index (χ4n) is 9.02. The van der Waals surface area contributed by atoms with Gasteiger partial charge in [0.2, 0.25) is 0 Å². The molecule has 0 spiro atoms. The van der Waals surface area contributed by atoms with Crippen LogP contribution in [-0.4, -0.2) is 141 Å². The Morgan fingerprint density at radius 3 is 1.05 bits per heavy atom. The predicted octanol–water partition coefficient (Wildman–Crippen LogP) is 8.62. The van der Waals surface area contributed by atoms with Gasteiger partial charge in [0.15, 0.2) is 30.7 Å². The second kappa shape index (κ2) is 30.0. The highest BCUT2D eigenvalue weighted by molar-refractivity contribution is 7.99. The Morgan fingerprint density at radius 1 is 0.349 bits per heavy atom. The third-order valence-corrected chi connectivity index (χ3v) is 14.2. The largest absolute Gasteiger partial charge is 0.459 e. The van der Waals surface area contributed by atoms with E-state index in [0.29, 0.717) is 4.90 Å². The molecule has 7 aromatic carbocycles. The van der Waals surface area contributed by atoms with Crippen molar-refractivity contribution in [2.45, 2.75) is 65.5 Å². The van der Waals surface area contributed by atoms with Crippen LogP contribution in [0.25, 0.3) is 0 Å². The molecule has 7 aromatic rings. The highest BCUT2D eigenvalue weighted by atomic mass is 32.2. The van der Waals surface area contributed by atoms with Gasteiger partial charge in [-0.15, -0.1) is 0 Å². The van der Waals surface area contributed by atoms with Gasteiger partial charge in [0, 0.05) is 4.90 Å². The van der Waals surface area contributed by atoms with Crippen LogP contribution in [0.1, 0.15) is 62.1 Å². The Kier molecular flexibility index (Phi) is 21.3. The molecule has 18 nitrogen and oxygen atoms in total. The number of benzene rings is 7. The lowest BCUT2D eigenvalue weighted by Gasteiger charge is -2.45. The number of rotatable bonds is 24. The number of ether oxygens (including phenoxy) is 11. The summed E-state index contributed by atoms with van der Waals surface area (Å²) in [5.41, 5.74) is -0.0113. The molecule has 0 aliphatic carbocycles. The fraction of sp³-hybridized carbons (Fsp3) is 0.250. The van der Waals surface area contributed by atoms with E-state index in [1.807, 2.05) is 30.3 Å². The fourth-order valence-corrected chi connectivity index (χ4v) is 10.2. The summed E-state index contributed by atoms with van der Waals surface area (Å²) in [7, 11) is 0. The minimum Gasteiger partial charge on any atom is -0.459 e. The van der Waals surface area contributed by atoms with Crippen molar-refractivity contribution in [2.24, 2.45) is 0 Å². The van der Waals surface area contributed by atoms with Crippen molar-refractivity contribution in [3.8, 4) is 0 Å². The number of carbonyl (C=O) groups is 6. The first-order valence-corrected chi connectivity index (χ1v) is 27.5. The van der Waals surface area contributed by atoms with Crippen molar-refractivity contribution in [1.29, 1.82) is 0 Å². The molecule has 0 amide bonds. The molecule has 1 N–H and O–H groups in total. The zero-order valence-corrected chi connectivity index (χ0v) is 45.3. The number of carbonyl (C=O) groups excluding carboxylic acids is 6. The molecule has 2 fully saturated rings. The monoisotopic (exact) mass is 1150 g/mol. The summed E-state index contributed by atoms with van der Waals surface area (Å²) >= 11 is 1.20.